The summed E-state index contributed by atoms with van der Waals surface area (Å²) in [5, 5.41) is -0.453. The summed E-state index contributed by atoms with van der Waals surface area (Å²) in [5.74, 6) is -3.65. The van der Waals surface area contributed by atoms with E-state index in [0.717, 1.165) is 0 Å². The first kappa shape index (κ1) is 17.9. The molecule has 132 valence electrons. The molecule has 0 fully saturated rings. The van der Waals surface area contributed by atoms with Crippen LogP contribution in [0.3, 0.4) is 0 Å². The summed E-state index contributed by atoms with van der Waals surface area (Å²) >= 11 is 5.49. The van der Waals surface area contributed by atoms with Gasteiger partial charge in [-0.1, -0.05) is 29.8 Å². The third-order valence-corrected chi connectivity index (χ3v) is 3.85. The fourth-order valence-corrected chi connectivity index (χ4v) is 2.50. The van der Waals surface area contributed by atoms with E-state index in [-0.39, 0.29) is 0 Å². The Morgan fingerprint density at radius 2 is 1.81 bits per heavy atom. The highest BCUT2D eigenvalue weighted by molar-refractivity contribution is 6.30. The van der Waals surface area contributed by atoms with E-state index >= 15 is 0 Å². The van der Waals surface area contributed by atoms with Crippen LogP contribution in [0.5, 0.6) is 0 Å². The highest BCUT2D eigenvalue weighted by atomic mass is 35.5. The molecule has 0 amide bonds. The molecule has 0 radical (unpaired) electrons. The molecule has 3 nitrogen and oxygen atoms in total. The van der Waals surface area contributed by atoms with Crippen LogP contribution in [0.2, 0.25) is 5.02 Å². The van der Waals surface area contributed by atoms with Crippen LogP contribution in [0.15, 0.2) is 60.8 Å². The van der Waals surface area contributed by atoms with Gasteiger partial charge in [0.1, 0.15) is 17.5 Å². The predicted molar refractivity (Wildman–Crippen MR) is 89.3 cm³/mol. The molecule has 0 saturated carbocycles. The number of carbonyl (C=O) groups excluding carboxylic acids is 1. The molecule has 0 unspecified atom stereocenters. The van der Waals surface area contributed by atoms with E-state index in [0.29, 0.717) is 23.4 Å². The Morgan fingerprint density at radius 1 is 1.00 bits per heavy atom. The van der Waals surface area contributed by atoms with Crippen molar-refractivity contribution in [2.75, 3.05) is 0 Å². The molecule has 0 saturated heterocycles. The van der Waals surface area contributed by atoms with Crippen LogP contribution in [0.25, 0.3) is 0 Å². The van der Waals surface area contributed by atoms with Crippen LogP contribution in [-0.2, 0) is 4.74 Å². The lowest BCUT2D eigenvalue weighted by atomic mass is 10.1. The molecule has 7 heteroatoms. The molecule has 0 spiro atoms. The van der Waals surface area contributed by atoms with Gasteiger partial charge in [0, 0.05) is 11.8 Å². The van der Waals surface area contributed by atoms with E-state index in [4.69, 9.17) is 16.3 Å². The molecule has 3 rings (SSSR count). The van der Waals surface area contributed by atoms with Crippen molar-refractivity contribution >= 4 is 17.6 Å². The van der Waals surface area contributed by atoms with Gasteiger partial charge in [0.25, 0.3) is 0 Å². The summed E-state index contributed by atoms with van der Waals surface area (Å²) < 4.78 is 46.5. The quantitative estimate of drug-likeness (QED) is 0.469. The smallest absolute Gasteiger partial charge is 0.342 e. The number of pyridine rings is 1. The van der Waals surface area contributed by atoms with Gasteiger partial charge >= 0.3 is 5.97 Å². The molecule has 1 atom stereocenters. The zero-order chi connectivity index (χ0) is 18.7. The van der Waals surface area contributed by atoms with Crippen LogP contribution in [0.1, 0.15) is 27.7 Å². The first-order valence-corrected chi connectivity index (χ1v) is 7.85. The van der Waals surface area contributed by atoms with Gasteiger partial charge in [-0.05, 0) is 36.4 Å². The Hall–Kier alpha value is -2.86. The Morgan fingerprint density at radius 3 is 2.50 bits per heavy atom. The van der Waals surface area contributed by atoms with Crippen molar-refractivity contribution in [1.82, 2.24) is 4.98 Å². The lowest BCUT2D eigenvalue weighted by molar-refractivity contribution is 0.0364. The van der Waals surface area contributed by atoms with Gasteiger partial charge in [-0.3, -0.25) is 4.98 Å². The fourth-order valence-electron chi connectivity index (χ4n) is 2.35. The van der Waals surface area contributed by atoms with E-state index in [1.165, 1.54) is 30.5 Å². The molecule has 0 aliphatic carbocycles. The molecular formula is C19H11ClF3NO2. The summed E-state index contributed by atoms with van der Waals surface area (Å²) in [6, 6.07) is 11.6. The third-order valence-electron chi connectivity index (χ3n) is 3.56. The van der Waals surface area contributed by atoms with Gasteiger partial charge in [0.2, 0.25) is 0 Å². The van der Waals surface area contributed by atoms with Gasteiger partial charge in [-0.15, -0.1) is 0 Å². The van der Waals surface area contributed by atoms with Crippen molar-refractivity contribution < 1.29 is 22.7 Å². The second-order valence-electron chi connectivity index (χ2n) is 5.34. The Bertz CT molecular complexity index is 951. The molecule has 1 heterocycles. The molecule has 3 aromatic rings. The Labute approximate surface area is 152 Å². The lowest BCUT2D eigenvalue weighted by Crippen LogP contribution is -2.15. The number of ether oxygens (including phenoxy) is 1. The van der Waals surface area contributed by atoms with Crippen LogP contribution in [0.4, 0.5) is 13.2 Å². The fraction of sp³-hybridized carbons (Fsp3) is 0.0526. The minimum absolute atomic E-state index is 0.298. The van der Waals surface area contributed by atoms with E-state index in [2.05, 4.69) is 4.98 Å². The second kappa shape index (κ2) is 7.58. The van der Waals surface area contributed by atoms with Gasteiger partial charge in [0.05, 0.1) is 16.3 Å². The van der Waals surface area contributed by atoms with Crippen molar-refractivity contribution in [3.8, 4) is 0 Å². The summed E-state index contributed by atoms with van der Waals surface area (Å²) in [5.41, 5.74) is -0.0163. The minimum atomic E-state index is -1.13. The second-order valence-corrected chi connectivity index (χ2v) is 5.75. The molecule has 0 N–H and O–H groups in total. The van der Waals surface area contributed by atoms with E-state index in [1.807, 2.05) is 0 Å². The maximum atomic E-state index is 14.0. The van der Waals surface area contributed by atoms with Crippen molar-refractivity contribution in [2.24, 2.45) is 0 Å². The van der Waals surface area contributed by atoms with Crippen LogP contribution >= 0.6 is 11.6 Å². The highest BCUT2D eigenvalue weighted by Gasteiger charge is 2.24. The van der Waals surface area contributed by atoms with Crippen molar-refractivity contribution in [3.05, 3.63) is 100 Å². The van der Waals surface area contributed by atoms with E-state index in [1.54, 1.807) is 18.2 Å². The summed E-state index contributed by atoms with van der Waals surface area (Å²) in [6.07, 6.45) is 0.371. The average molecular weight is 378 g/mol. The van der Waals surface area contributed by atoms with Gasteiger partial charge < -0.3 is 4.74 Å². The monoisotopic (exact) mass is 377 g/mol. The standard InChI is InChI=1S/C19H11ClF3NO2/c20-14-10-15(22)13(9-16(14)23)19(25)26-18(17-6-1-2-7-24-17)11-4-3-5-12(21)8-11/h1-10,18H/t18-/m0/s1. The lowest BCUT2D eigenvalue weighted by Gasteiger charge is -2.18. The number of esters is 1. The molecular weight excluding hydrogens is 367 g/mol. The number of nitrogens with zero attached hydrogens (tertiary/aromatic N) is 1. The van der Waals surface area contributed by atoms with Crippen molar-refractivity contribution in [3.63, 3.8) is 0 Å². The van der Waals surface area contributed by atoms with Gasteiger partial charge in [-0.2, -0.15) is 0 Å². The zero-order valence-electron chi connectivity index (χ0n) is 13.1. The Kier molecular flexibility index (Phi) is 5.23. The van der Waals surface area contributed by atoms with Crippen LogP contribution < -0.4 is 0 Å². The topological polar surface area (TPSA) is 39.2 Å². The van der Waals surface area contributed by atoms with Crippen molar-refractivity contribution in [1.29, 1.82) is 0 Å². The van der Waals surface area contributed by atoms with E-state index in [9.17, 15) is 18.0 Å². The number of rotatable bonds is 4. The minimum Gasteiger partial charge on any atom is -0.447 e. The largest absolute Gasteiger partial charge is 0.447 e. The van der Waals surface area contributed by atoms with Crippen molar-refractivity contribution in [2.45, 2.75) is 6.10 Å². The summed E-state index contributed by atoms with van der Waals surface area (Å²) in [4.78, 5) is 16.5. The first-order valence-electron chi connectivity index (χ1n) is 7.47. The van der Waals surface area contributed by atoms with Gasteiger partial charge in [-0.25, -0.2) is 18.0 Å². The number of hydrogen-bond donors (Lipinski definition) is 0. The summed E-state index contributed by atoms with van der Waals surface area (Å²) in [7, 11) is 0. The third kappa shape index (κ3) is 3.86. The number of halogens is 4. The van der Waals surface area contributed by atoms with E-state index < -0.39 is 40.1 Å². The predicted octanol–water partition coefficient (Wildman–Crippen LogP) is 5.10. The first-order chi connectivity index (χ1) is 12.5. The highest BCUT2D eigenvalue weighted by Crippen LogP contribution is 2.28. The average Bonchev–Trinajstić information content (AvgIpc) is 2.63. The molecule has 1 aromatic heterocycles. The molecule has 0 bridgehead atoms. The number of aromatic nitrogens is 1. The molecule has 2 aromatic carbocycles. The number of benzene rings is 2. The normalized spacial score (nSPS) is 11.8. The molecule has 0 aliphatic rings. The number of carbonyl (C=O) groups is 1. The summed E-state index contributed by atoms with van der Waals surface area (Å²) in [6.45, 7) is 0. The van der Waals surface area contributed by atoms with Gasteiger partial charge in [0.15, 0.2) is 6.10 Å². The number of hydrogen-bond acceptors (Lipinski definition) is 3. The Balaban J connectivity index is 1.99. The zero-order valence-corrected chi connectivity index (χ0v) is 13.9. The SMILES string of the molecule is O=C(O[C@@H](c1cccc(F)c1)c1ccccn1)c1cc(F)c(Cl)cc1F. The van der Waals surface area contributed by atoms with Crippen LogP contribution in [-0.4, -0.2) is 11.0 Å². The molecule has 26 heavy (non-hydrogen) atoms. The molecule has 0 aliphatic heterocycles. The maximum absolute atomic E-state index is 14.0. The maximum Gasteiger partial charge on any atom is 0.342 e. The van der Waals surface area contributed by atoms with Crippen LogP contribution in [0, 0.1) is 17.5 Å².